The molecule has 1 saturated heterocycles. The molecule has 0 aliphatic carbocycles. The zero-order chi connectivity index (χ0) is 24.8. The highest BCUT2D eigenvalue weighted by molar-refractivity contribution is 8.18. The summed E-state index contributed by atoms with van der Waals surface area (Å²) in [7, 11) is 0. The van der Waals surface area contributed by atoms with Gasteiger partial charge in [0.15, 0.2) is 0 Å². The van der Waals surface area contributed by atoms with Crippen LogP contribution in [0, 0.1) is 10.1 Å². The highest BCUT2D eigenvalue weighted by Gasteiger charge is 2.34. The predicted molar refractivity (Wildman–Crippen MR) is 133 cm³/mol. The Hall–Kier alpha value is -3.82. The van der Waals surface area contributed by atoms with Gasteiger partial charge in [-0.2, -0.15) is 0 Å². The molecular formula is C25H19ClN2O6S. The highest BCUT2D eigenvalue weighted by atomic mass is 35.5. The number of carbonyl (C=O) groups is 2. The molecule has 10 heteroatoms. The smallest absolute Gasteiger partial charge is 0.293 e. The first-order valence-corrected chi connectivity index (χ1v) is 11.7. The Labute approximate surface area is 210 Å². The van der Waals surface area contributed by atoms with Gasteiger partial charge < -0.3 is 9.47 Å². The Morgan fingerprint density at radius 3 is 2.31 bits per heavy atom. The van der Waals surface area contributed by atoms with Crippen LogP contribution in [0.4, 0.5) is 10.5 Å². The third-order valence-electron chi connectivity index (χ3n) is 5.03. The Morgan fingerprint density at radius 2 is 1.60 bits per heavy atom. The number of imide groups is 1. The van der Waals surface area contributed by atoms with Gasteiger partial charge in [0, 0.05) is 11.1 Å². The molecule has 3 aromatic carbocycles. The second kappa shape index (κ2) is 11.1. The minimum absolute atomic E-state index is 0.00147. The van der Waals surface area contributed by atoms with E-state index in [1.807, 2.05) is 0 Å². The van der Waals surface area contributed by atoms with E-state index in [4.69, 9.17) is 21.1 Å². The molecule has 1 aliphatic rings. The summed E-state index contributed by atoms with van der Waals surface area (Å²) in [6.45, 7) is 0.342. The van der Waals surface area contributed by atoms with Gasteiger partial charge in [-0.05, 0) is 65.9 Å². The maximum absolute atomic E-state index is 12.7. The van der Waals surface area contributed by atoms with Gasteiger partial charge in [-0.1, -0.05) is 35.9 Å². The number of nitro benzene ring substituents is 1. The number of ether oxygens (including phenoxy) is 2. The predicted octanol–water partition coefficient (Wildman–Crippen LogP) is 5.94. The van der Waals surface area contributed by atoms with Crippen molar-refractivity contribution in [2.75, 3.05) is 13.2 Å². The Balaban J connectivity index is 1.33. The van der Waals surface area contributed by atoms with E-state index in [1.165, 1.54) is 6.07 Å². The molecule has 0 bridgehead atoms. The van der Waals surface area contributed by atoms with Crippen LogP contribution in [0.15, 0.2) is 77.7 Å². The fourth-order valence-electron chi connectivity index (χ4n) is 3.26. The summed E-state index contributed by atoms with van der Waals surface area (Å²) in [5, 5.41) is 11.4. The minimum atomic E-state index is -0.446. The molecule has 3 aromatic rings. The molecule has 4 rings (SSSR count). The summed E-state index contributed by atoms with van der Waals surface area (Å²) >= 11 is 6.72. The van der Waals surface area contributed by atoms with Crippen molar-refractivity contribution >= 4 is 46.3 Å². The lowest BCUT2D eigenvalue weighted by molar-refractivity contribution is -0.385. The standard InChI is InChI=1S/C25H19ClN2O6S/c26-19-7-11-20(12-8-19)33-14-13-27-24(29)23(35-25(27)30)15-17-5-9-21(10-6-17)34-16-18-3-1-2-4-22(18)28(31)32/h1-12,15H,13-14,16H2/b23-15-. The molecule has 1 heterocycles. The van der Waals surface area contributed by atoms with Crippen LogP contribution in [0.2, 0.25) is 5.02 Å². The number of hydrogen-bond acceptors (Lipinski definition) is 7. The SMILES string of the molecule is O=C1S/C(=C\c2ccc(OCc3ccccc3[N+](=O)[O-])cc2)C(=O)N1CCOc1ccc(Cl)cc1. The molecular weight excluding hydrogens is 492 g/mol. The molecule has 0 aromatic heterocycles. The van der Waals surface area contributed by atoms with Crippen molar-refractivity contribution in [2.24, 2.45) is 0 Å². The van der Waals surface area contributed by atoms with Gasteiger partial charge in [-0.15, -0.1) is 0 Å². The van der Waals surface area contributed by atoms with E-state index >= 15 is 0 Å². The lowest BCUT2D eigenvalue weighted by Gasteiger charge is -2.13. The molecule has 0 spiro atoms. The molecule has 178 valence electrons. The van der Waals surface area contributed by atoms with Crippen molar-refractivity contribution in [2.45, 2.75) is 6.61 Å². The minimum Gasteiger partial charge on any atom is -0.492 e. The summed E-state index contributed by atoms with van der Waals surface area (Å²) in [5.74, 6) is 0.741. The van der Waals surface area contributed by atoms with Crippen molar-refractivity contribution in [1.29, 1.82) is 0 Å². The van der Waals surface area contributed by atoms with E-state index < -0.39 is 4.92 Å². The number of nitrogens with zero attached hydrogens (tertiary/aromatic N) is 2. The highest BCUT2D eigenvalue weighted by Crippen LogP contribution is 2.32. The summed E-state index contributed by atoms with van der Waals surface area (Å²) in [4.78, 5) is 37.1. The zero-order valence-electron chi connectivity index (χ0n) is 18.3. The van der Waals surface area contributed by atoms with Crippen molar-refractivity contribution in [3.05, 3.63) is 104 Å². The number of carbonyl (C=O) groups excluding carboxylic acids is 2. The monoisotopic (exact) mass is 510 g/mol. The number of rotatable bonds is 9. The van der Waals surface area contributed by atoms with Crippen molar-refractivity contribution in [1.82, 2.24) is 4.90 Å². The number of hydrogen-bond donors (Lipinski definition) is 0. The lowest BCUT2D eigenvalue weighted by atomic mass is 10.2. The molecule has 0 unspecified atom stereocenters. The van der Waals surface area contributed by atoms with E-state index in [2.05, 4.69) is 0 Å². The van der Waals surface area contributed by atoms with Crippen LogP contribution in [-0.4, -0.2) is 34.1 Å². The van der Waals surface area contributed by atoms with Crippen molar-refractivity contribution in [3.63, 3.8) is 0 Å². The first-order chi connectivity index (χ1) is 16.9. The van der Waals surface area contributed by atoms with Gasteiger partial charge >= 0.3 is 0 Å². The zero-order valence-corrected chi connectivity index (χ0v) is 19.8. The number of para-hydroxylation sites is 1. The van der Waals surface area contributed by atoms with Crippen LogP contribution in [0.5, 0.6) is 11.5 Å². The van der Waals surface area contributed by atoms with Gasteiger partial charge in [0.2, 0.25) is 0 Å². The van der Waals surface area contributed by atoms with E-state index in [1.54, 1.807) is 72.8 Å². The van der Waals surface area contributed by atoms with E-state index in [-0.39, 0.29) is 36.6 Å². The molecule has 1 fully saturated rings. The molecule has 0 atom stereocenters. The Kier molecular flexibility index (Phi) is 7.69. The quantitative estimate of drug-likeness (QED) is 0.199. The topological polar surface area (TPSA) is 99.0 Å². The Morgan fingerprint density at radius 1 is 0.943 bits per heavy atom. The first kappa shape index (κ1) is 24.3. The summed E-state index contributed by atoms with van der Waals surface area (Å²) < 4.78 is 11.2. The summed E-state index contributed by atoms with van der Waals surface area (Å²) in [6, 6.07) is 20.1. The number of thioether (sulfide) groups is 1. The number of amides is 2. The third-order valence-corrected chi connectivity index (χ3v) is 6.19. The van der Waals surface area contributed by atoms with Crippen LogP contribution in [0.3, 0.4) is 0 Å². The van der Waals surface area contributed by atoms with E-state index in [0.717, 1.165) is 16.7 Å². The van der Waals surface area contributed by atoms with Crippen LogP contribution in [-0.2, 0) is 11.4 Å². The van der Waals surface area contributed by atoms with Crippen LogP contribution in [0.1, 0.15) is 11.1 Å². The molecule has 2 amide bonds. The van der Waals surface area contributed by atoms with Crippen LogP contribution < -0.4 is 9.47 Å². The van der Waals surface area contributed by atoms with Crippen molar-refractivity contribution < 1.29 is 24.0 Å². The fourth-order valence-corrected chi connectivity index (χ4v) is 4.25. The lowest BCUT2D eigenvalue weighted by Crippen LogP contribution is -2.32. The normalized spacial score (nSPS) is 14.4. The molecule has 8 nitrogen and oxygen atoms in total. The number of halogens is 1. The van der Waals surface area contributed by atoms with E-state index in [0.29, 0.717) is 32.6 Å². The molecule has 1 aliphatic heterocycles. The number of benzene rings is 3. The van der Waals surface area contributed by atoms with Gasteiger partial charge in [-0.25, -0.2) is 0 Å². The number of nitro groups is 1. The Bertz CT molecular complexity index is 1280. The summed E-state index contributed by atoms with van der Waals surface area (Å²) in [6.07, 6.45) is 1.64. The molecule has 0 saturated carbocycles. The average molecular weight is 511 g/mol. The van der Waals surface area contributed by atoms with Gasteiger partial charge in [-0.3, -0.25) is 24.6 Å². The van der Waals surface area contributed by atoms with Gasteiger partial charge in [0.1, 0.15) is 24.7 Å². The van der Waals surface area contributed by atoms with E-state index in [9.17, 15) is 19.7 Å². The third kappa shape index (κ3) is 6.20. The first-order valence-electron chi connectivity index (χ1n) is 10.5. The second-order valence-electron chi connectivity index (χ2n) is 7.38. The average Bonchev–Trinajstić information content (AvgIpc) is 3.12. The largest absolute Gasteiger partial charge is 0.492 e. The molecule has 35 heavy (non-hydrogen) atoms. The van der Waals surface area contributed by atoms with Gasteiger partial charge in [0.05, 0.1) is 21.9 Å². The molecule has 0 N–H and O–H groups in total. The maximum Gasteiger partial charge on any atom is 0.293 e. The summed E-state index contributed by atoms with van der Waals surface area (Å²) in [5.41, 5.74) is 1.18. The van der Waals surface area contributed by atoms with Crippen molar-refractivity contribution in [3.8, 4) is 11.5 Å². The van der Waals surface area contributed by atoms with Crippen LogP contribution in [0.25, 0.3) is 6.08 Å². The molecule has 0 radical (unpaired) electrons. The van der Waals surface area contributed by atoms with Gasteiger partial charge in [0.25, 0.3) is 16.8 Å². The second-order valence-corrected chi connectivity index (χ2v) is 8.81. The van der Waals surface area contributed by atoms with Crippen LogP contribution >= 0.6 is 23.4 Å². The fraction of sp³-hybridized carbons (Fsp3) is 0.120. The maximum atomic E-state index is 12.7.